The van der Waals surface area contributed by atoms with Crippen LogP contribution in [0.15, 0.2) is 30.3 Å². The summed E-state index contributed by atoms with van der Waals surface area (Å²) in [6.45, 7) is 3.77. The second-order valence-electron chi connectivity index (χ2n) is 3.87. The summed E-state index contributed by atoms with van der Waals surface area (Å²) in [5.41, 5.74) is 1.23. The summed E-state index contributed by atoms with van der Waals surface area (Å²) < 4.78 is 5.70. The summed E-state index contributed by atoms with van der Waals surface area (Å²) >= 11 is 0. The molecule has 0 aromatic heterocycles. The molecule has 1 rings (SSSR count). The summed E-state index contributed by atoms with van der Waals surface area (Å²) in [5, 5.41) is 0. The van der Waals surface area contributed by atoms with E-state index < -0.39 is 0 Å². The van der Waals surface area contributed by atoms with Crippen LogP contribution in [-0.4, -0.2) is 31.6 Å². The van der Waals surface area contributed by atoms with Gasteiger partial charge in [0.05, 0.1) is 12.7 Å². The highest BCUT2D eigenvalue weighted by Gasteiger charge is 2.03. The second-order valence-corrected chi connectivity index (χ2v) is 3.87. The van der Waals surface area contributed by atoms with E-state index in [1.807, 2.05) is 18.2 Å². The summed E-state index contributed by atoms with van der Waals surface area (Å²) in [6, 6.07) is 10.3. The number of ether oxygens (including phenoxy) is 1. The Morgan fingerprint density at radius 2 is 1.86 bits per heavy atom. The van der Waals surface area contributed by atoms with Crippen LogP contribution in [0.4, 0.5) is 0 Å². The van der Waals surface area contributed by atoms with Crippen molar-refractivity contribution in [1.29, 1.82) is 0 Å². The van der Waals surface area contributed by atoms with Crippen LogP contribution in [0.3, 0.4) is 0 Å². The van der Waals surface area contributed by atoms with Crippen molar-refractivity contribution >= 4 is 0 Å². The van der Waals surface area contributed by atoms with Gasteiger partial charge < -0.3 is 9.64 Å². The first-order chi connectivity index (χ1) is 6.68. The number of benzene rings is 1. The first-order valence-corrected chi connectivity index (χ1v) is 4.98. The minimum atomic E-state index is 0.283. The van der Waals surface area contributed by atoms with Crippen LogP contribution in [0.5, 0.6) is 0 Å². The Morgan fingerprint density at radius 1 is 1.21 bits per heavy atom. The van der Waals surface area contributed by atoms with Crippen LogP contribution in [0.25, 0.3) is 0 Å². The standard InChI is InChI=1S/C12H19NO/c1-11(9-13(2)3)14-10-12-7-5-4-6-8-12/h4-8,11H,9-10H2,1-3H3. The van der Waals surface area contributed by atoms with E-state index in [-0.39, 0.29) is 6.10 Å². The molecule has 0 fully saturated rings. The van der Waals surface area contributed by atoms with Crippen molar-refractivity contribution in [3.8, 4) is 0 Å². The Hall–Kier alpha value is -0.860. The van der Waals surface area contributed by atoms with Crippen molar-refractivity contribution in [2.24, 2.45) is 0 Å². The average Bonchev–Trinajstić information content (AvgIpc) is 2.15. The average molecular weight is 193 g/mol. The molecule has 2 heteroatoms. The van der Waals surface area contributed by atoms with Gasteiger partial charge in [0.1, 0.15) is 0 Å². The highest BCUT2D eigenvalue weighted by molar-refractivity contribution is 5.13. The zero-order valence-electron chi connectivity index (χ0n) is 9.23. The number of hydrogen-bond donors (Lipinski definition) is 0. The molecule has 1 aromatic carbocycles. The van der Waals surface area contributed by atoms with Crippen LogP contribution in [0.1, 0.15) is 12.5 Å². The highest BCUT2D eigenvalue weighted by atomic mass is 16.5. The molecule has 0 amide bonds. The SMILES string of the molecule is CC(CN(C)C)OCc1ccccc1. The van der Waals surface area contributed by atoms with E-state index in [0.717, 1.165) is 6.54 Å². The lowest BCUT2D eigenvalue weighted by molar-refractivity contribution is 0.0365. The largest absolute Gasteiger partial charge is 0.373 e. The number of likely N-dealkylation sites (N-methyl/N-ethyl adjacent to an activating group) is 1. The maximum atomic E-state index is 5.70. The summed E-state index contributed by atoms with van der Waals surface area (Å²) in [4.78, 5) is 2.13. The second kappa shape index (κ2) is 5.78. The van der Waals surface area contributed by atoms with E-state index in [2.05, 4.69) is 38.1 Å². The predicted molar refractivity (Wildman–Crippen MR) is 59.2 cm³/mol. The minimum absolute atomic E-state index is 0.283. The lowest BCUT2D eigenvalue weighted by atomic mass is 10.2. The molecule has 14 heavy (non-hydrogen) atoms. The first kappa shape index (κ1) is 11.2. The van der Waals surface area contributed by atoms with E-state index in [9.17, 15) is 0 Å². The monoisotopic (exact) mass is 193 g/mol. The molecule has 78 valence electrons. The van der Waals surface area contributed by atoms with Crippen LogP contribution < -0.4 is 0 Å². The molecule has 0 saturated carbocycles. The Balaban J connectivity index is 2.27. The highest BCUT2D eigenvalue weighted by Crippen LogP contribution is 2.03. The molecule has 0 aliphatic carbocycles. The molecule has 1 atom stereocenters. The summed E-state index contributed by atoms with van der Waals surface area (Å²) in [7, 11) is 4.12. The maximum Gasteiger partial charge on any atom is 0.0721 e. The van der Waals surface area contributed by atoms with Gasteiger partial charge in [-0.25, -0.2) is 0 Å². The van der Waals surface area contributed by atoms with Gasteiger partial charge in [0.15, 0.2) is 0 Å². The lowest BCUT2D eigenvalue weighted by Crippen LogP contribution is -2.25. The summed E-state index contributed by atoms with van der Waals surface area (Å²) in [5.74, 6) is 0. The Bertz CT molecular complexity index is 246. The minimum Gasteiger partial charge on any atom is -0.373 e. The topological polar surface area (TPSA) is 12.5 Å². The molecule has 1 unspecified atom stereocenters. The van der Waals surface area contributed by atoms with Crippen molar-refractivity contribution in [2.75, 3.05) is 20.6 Å². The fraction of sp³-hybridized carbons (Fsp3) is 0.500. The molecule has 0 saturated heterocycles. The van der Waals surface area contributed by atoms with E-state index in [4.69, 9.17) is 4.74 Å². The van der Waals surface area contributed by atoms with E-state index in [0.29, 0.717) is 6.61 Å². The fourth-order valence-corrected chi connectivity index (χ4v) is 1.38. The van der Waals surface area contributed by atoms with Crippen LogP contribution >= 0.6 is 0 Å². The van der Waals surface area contributed by atoms with Gasteiger partial charge in [-0.2, -0.15) is 0 Å². The van der Waals surface area contributed by atoms with Crippen molar-refractivity contribution in [1.82, 2.24) is 4.90 Å². The smallest absolute Gasteiger partial charge is 0.0721 e. The normalized spacial score (nSPS) is 13.1. The van der Waals surface area contributed by atoms with Gasteiger partial charge in [-0.1, -0.05) is 30.3 Å². The van der Waals surface area contributed by atoms with Gasteiger partial charge in [0.25, 0.3) is 0 Å². The molecule has 0 aliphatic heterocycles. The van der Waals surface area contributed by atoms with E-state index >= 15 is 0 Å². The van der Waals surface area contributed by atoms with Crippen molar-refractivity contribution in [2.45, 2.75) is 19.6 Å². The molecule has 0 N–H and O–H groups in total. The molecule has 0 radical (unpaired) electrons. The molecule has 0 aliphatic rings. The van der Waals surface area contributed by atoms with Gasteiger partial charge in [-0.15, -0.1) is 0 Å². The number of nitrogens with zero attached hydrogens (tertiary/aromatic N) is 1. The third kappa shape index (κ3) is 4.40. The summed E-state index contributed by atoms with van der Waals surface area (Å²) in [6.07, 6.45) is 0.283. The van der Waals surface area contributed by atoms with Crippen LogP contribution in [-0.2, 0) is 11.3 Å². The molecular weight excluding hydrogens is 174 g/mol. The molecule has 2 nitrogen and oxygen atoms in total. The maximum absolute atomic E-state index is 5.70. The zero-order chi connectivity index (χ0) is 10.4. The van der Waals surface area contributed by atoms with Crippen molar-refractivity contribution < 1.29 is 4.74 Å². The van der Waals surface area contributed by atoms with Crippen LogP contribution in [0, 0.1) is 0 Å². The Morgan fingerprint density at radius 3 is 2.43 bits per heavy atom. The zero-order valence-corrected chi connectivity index (χ0v) is 9.23. The Labute approximate surface area is 86.5 Å². The van der Waals surface area contributed by atoms with E-state index in [1.165, 1.54) is 5.56 Å². The Kier molecular flexibility index (Phi) is 4.63. The number of hydrogen-bond acceptors (Lipinski definition) is 2. The molecule has 0 spiro atoms. The van der Waals surface area contributed by atoms with Gasteiger partial charge in [-0.05, 0) is 26.6 Å². The molecular formula is C12H19NO. The fourth-order valence-electron chi connectivity index (χ4n) is 1.38. The van der Waals surface area contributed by atoms with E-state index in [1.54, 1.807) is 0 Å². The molecule has 1 aromatic rings. The molecule has 0 bridgehead atoms. The molecule has 0 heterocycles. The van der Waals surface area contributed by atoms with Gasteiger partial charge in [0.2, 0.25) is 0 Å². The van der Waals surface area contributed by atoms with Gasteiger partial charge in [0, 0.05) is 6.54 Å². The number of rotatable bonds is 5. The third-order valence-corrected chi connectivity index (χ3v) is 2.00. The van der Waals surface area contributed by atoms with Gasteiger partial charge >= 0.3 is 0 Å². The lowest BCUT2D eigenvalue weighted by Gasteiger charge is -2.17. The van der Waals surface area contributed by atoms with Crippen molar-refractivity contribution in [3.63, 3.8) is 0 Å². The van der Waals surface area contributed by atoms with Crippen molar-refractivity contribution in [3.05, 3.63) is 35.9 Å². The van der Waals surface area contributed by atoms with Gasteiger partial charge in [-0.3, -0.25) is 0 Å². The quantitative estimate of drug-likeness (QED) is 0.710. The third-order valence-electron chi connectivity index (χ3n) is 2.00. The predicted octanol–water partition coefficient (Wildman–Crippen LogP) is 2.15. The first-order valence-electron chi connectivity index (χ1n) is 4.98. The van der Waals surface area contributed by atoms with Crippen LogP contribution in [0.2, 0.25) is 0 Å².